The fraction of sp³-hybridized carbons (Fsp3) is 0.111. The van der Waals surface area contributed by atoms with Crippen LogP contribution in [0.3, 0.4) is 0 Å². The quantitative estimate of drug-likeness (QED) is 0.484. The summed E-state index contributed by atoms with van der Waals surface area (Å²) in [5.74, 6) is 1.21. The highest BCUT2D eigenvalue weighted by atomic mass is 79.9. The summed E-state index contributed by atoms with van der Waals surface area (Å²) >= 11 is 6.61. The number of allylic oxidation sites excluding steroid dienone is 1. The minimum absolute atomic E-state index is 0.501. The molecule has 1 aromatic carbocycles. The number of aromatic nitrogens is 1. The molecule has 7 heteroatoms. The summed E-state index contributed by atoms with van der Waals surface area (Å²) in [5.41, 5.74) is 2.21. The van der Waals surface area contributed by atoms with Crippen LogP contribution < -0.4 is 9.47 Å². The number of hydrogen-bond donors (Lipinski definition) is 0. The molecule has 3 aromatic rings. The second kappa shape index (κ2) is 7.83. The van der Waals surface area contributed by atoms with Crippen molar-refractivity contribution in [3.05, 3.63) is 50.1 Å². The van der Waals surface area contributed by atoms with Crippen molar-refractivity contribution in [3.8, 4) is 28.1 Å². The third-order valence-corrected chi connectivity index (χ3v) is 6.03. The van der Waals surface area contributed by atoms with Crippen molar-refractivity contribution in [3.63, 3.8) is 0 Å². The van der Waals surface area contributed by atoms with Crippen molar-refractivity contribution in [2.24, 2.45) is 0 Å². The molecule has 0 saturated heterocycles. The van der Waals surface area contributed by atoms with Gasteiger partial charge in [-0.3, -0.25) is 0 Å². The number of rotatable bonds is 5. The number of thiophene rings is 1. The van der Waals surface area contributed by atoms with Crippen LogP contribution in [-0.2, 0) is 0 Å². The van der Waals surface area contributed by atoms with Crippen molar-refractivity contribution >= 4 is 50.3 Å². The van der Waals surface area contributed by atoms with Gasteiger partial charge < -0.3 is 9.47 Å². The summed E-state index contributed by atoms with van der Waals surface area (Å²) in [6.45, 7) is 0. The first kappa shape index (κ1) is 17.7. The summed E-state index contributed by atoms with van der Waals surface area (Å²) in [6, 6.07) is 9.92. The number of thiazole rings is 1. The largest absolute Gasteiger partial charge is 0.493 e. The van der Waals surface area contributed by atoms with Crippen LogP contribution in [0.2, 0.25) is 0 Å². The van der Waals surface area contributed by atoms with Crippen LogP contribution in [0, 0.1) is 11.3 Å². The first-order valence-corrected chi connectivity index (χ1v) is 9.75. The van der Waals surface area contributed by atoms with E-state index < -0.39 is 0 Å². The predicted octanol–water partition coefficient (Wildman–Crippen LogP) is 5.72. The first-order valence-electron chi connectivity index (χ1n) is 7.20. The number of hydrogen-bond acceptors (Lipinski definition) is 6. The van der Waals surface area contributed by atoms with E-state index in [-0.39, 0.29) is 0 Å². The lowest BCUT2D eigenvalue weighted by molar-refractivity contribution is 0.353. The van der Waals surface area contributed by atoms with Gasteiger partial charge in [0.1, 0.15) is 11.1 Å². The standard InChI is InChI=1S/C18H13BrN2O2S2/c1-22-14-6-5-11(16(19)17(14)23-2)8-12(9-20)18-21-13(10-25-18)15-4-3-7-24-15/h3-8,10H,1-2H3/b12-8-. The molecular formula is C18H13BrN2O2S2. The van der Waals surface area contributed by atoms with Gasteiger partial charge in [0.05, 0.1) is 34.8 Å². The van der Waals surface area contributed by atoms with Gasteiger partial charge in [-0.1, -0.05) is 6.07 Å². The van der Waals surface area contributed by atoms with Gasteiger partial charge >= 0.3 is 0 Å². The van der Waals surface area contributed by atoms with E-state index in [4.69, 9.17) is 9.47 Å². The molecule has 0 aliphatic heterocycles. The average molecular weight is 433 g/mol. The Bertz CT molecular complexity index is 956. The van der Waals surface area contributed by atoms with Gasteiger partial charge in [-0.05, 0) is 51.1 Å². The summed E-state index contributed by atoms with van der Waals surface area (Å²) in [6.07, 6.45) is 1.79. The van der Waals surface area contributed by atoms with E-state index in [9.17, 15) is 5.26 Å². The summed E-state index contributed by atoms with van der Waals surface area (Å²) in [7, 11) is 3.16. The number of nitriles is 1. The van der Waals surface area contributed by atoms with Gasteiger partial charge in [0.2, 0.25) is 0 Å². The normalized spacial score (nSPS) is 11.2. The second-order valence-corrected chi connectivity index (χ2v) is 7.49. The zero-order valence-electron chi connectivity index (χ0n) is 13.4. The molecule has 3 rings (SSSR count). The molecule has 0 unspecified atom stereocenters. The van der Waals surface area contributed by atoms with Gasteiger partial charge in [0.15, 0.2) is 11.5 Å². The molecule has 0 aliphatic rings. The van der Waals surface area contributed by atoms with Crippen molar-refractivity contribution < 1.29 is 9.47 Å². The molecule has 0 spiro atoms. The topological polar surface area (TPSA) is 55.1 Å². The first-order chi connectivity index (χ1) is 12.2. The van der Waals surface area contributed by atoms with E-state index in [1.807, 2.05) is 35.0 Å². The molecule has 126 valence electrons. The second-order valence-electron chi connectivity index (χ2n) is 4.89. The number of halogens is 1. The molecular weight excluding hydrogens is 420 g/mol. The molecule has 2 aromatic heterocycles. The van der Waals surface area contributed by atoms with Gasteiger partial charge in [0.25, 0.3) is 0 Å². The fourth-order valence-corrected chi connectivity index (χ4v) is 4.40. The molecule has 0 N–H and O–H groups in total. The van der Waals surface area contributed by atoms with E-state index in [0.717, 1.165) is 20.6 Å². The maximum atomic E-state index is 9.58. The SMILES string of the molecule is COc1ccc(/C=C(/C#N)c2nc(-c3cccs3)cs2)c(Br)c1OC. The Hall–Kier alpha value is -2.14. The third kappa shape index (κ3) is 3.61. The van der Waals surface area contributed by atoms with Crippen LogP contribution in [0.4, 0.5) is 0 Å². The highest BCUT2D eigenvalue weighted by molar-refractivity contribution is 9.10. The van der Waals surface area contributed by atoms with Crippen molar-refractivity contribution in [2.45, 2.75) is 0 Å². The molecule has 0 aliphatic carbocycles. The number of methoxy groups -OCH3 is 2. The predicted molar refractivity (Wildman–Crippen MR) is 106 cm³/mol. The van der Waals surface area contributed by atoms with Gasteiger partial charge in [0, 0.05) is 5.38 Å². The molecule has 0 saturated carbocycles. The van der Waals surface area contributed by atoms with Crippen LogP contribution in [0.25, 0.3) is 22.2 Å². The number of nitrogens with zero attached hydrogens (tertiary/aromatic N) is 2. The Labute approximate surface area is 162 Å². The van der Waals surface area contributed by atoms with Crippen LogP contribution in [0.15, 0.2) is 39.5 Å². The third-order valence-electron chi connectivity index (χ3n) is 3.44. The molecule has 4 nitrogen and oxygen atoms in total. The fourth-order valence-electron chi connectivity index (χ4n) is 2.25. The monoisotopic (exact) mass is 432 g/mol. The van der Waals surface area contributed by atoms with Crippen molar-refractivity contribution in [1.82, 2.24) is 4.98 Å². The van der Waals surface area contributed by atoms with Gasteiger partial charge in [-0.2, -0.15) is 5.26 Å². The number of ether oxygens (including phenoxy) is 2. The maximum absolute atomic E-state index is 9.58. The molecule has 0 bridgehead atoms. The zero-order chi connectivity index (χ0) is 17.8. The molecule has 25 heavy (non-hydrogen) atoms. The Morgan fingerprint density at radius 3 is 2.72 bits per heavy atom. The Balaban J connectivity index is 2.01. The van der Waals surface area contributed by atoms with Gasteiger partial charge in [-0.25, -0.2) is 4.98 Å². The minimum atomic E-state index is 0.501. The molecule has 2 heterocycles. The zero-order valence-corrected chi connectivity index (χ0v) is 16.7. The van der Waals surface area contributed by atoms with E-state index in [0.29, 0.717) is 22.1 Å². The number of benzene rings is 1. The Kier molecular flexibility index (Phi) is 5.53. The maximum Gasteiger partial charge on any atom is 0.175 e. The lowest BCUT2D eigenvalue weighted by Crippen LogP contribution is -1.93. The molecule has 0 atom stereocenters. The van der Waals surface area contributed by atoms with Crippen molar-refractivity contribution in [1.29, 1.82) is 5.26 Å². The minimum Gasteiger partial charge on any atom is -0.493 e. The Morgan fingerprint density at radius 2 is 2.08 bits per heavy atom. The summed E-state index contributed by atoms with van der Waals surface area (Å²) < 4.78 is 11.4. The van der Waals surface area contributed by atoms with Crippen molar-refractivity contribution in [2.75, 3.05) is 14.2 Å². The van der Waals surface area contributed by atoms with E-state index in [1.54, 1.807) is 31.6 Å². The molecule has 0 radical (unpaired) electrons. The highest BCUT2D eigenvalue weighted by Gasteiger charge is 2.14. The van der Waals surface area contributed by atoms with Crippen LogP contribution in [0.1, 0.15) is 10.6 Å². The average Bonchev–Trinajstić information content (AvgIpc) is 3.31. The summed E-state index contributed by atoms with van der Waals surface area (Å²) in [5, 5.41) is 14.2. The smallest absolute Gasteiger partial charge is 0.175 e. The molecule has 0 fully saturated rings. The van der Waals surface area contributed by atoms with Crippen LogP contribution in [0.5, 0.6) is 11.5 Å². The lowest BCUT2D eigenvalue weighted by atomic mass is 10.1. The summed E-state index contributed by atoms with van der Waals surface area (Å²) in [4.78, 5) is 5.68. The highest BCUT2D eigenvalue weighted by Crippen LogP contribution is 2.39. The van der Waals surface area contributed by atoms with E-state index >= 15 is 0 Å². The van der Waals surface area contributed by atoms with Crippen LogP contribution >= 0.6 is 38.6 Å². The van der Waals surface area contributed by atoms with E-state index in [2.05, 4.69) is 27.0 Å². The molecule has 0 amide bonds. The van der Waals surface area contributed by atoms with E-state index in [1.165, 1.54) is 11.3 Å². The Morgan fingerprint density at radius 1 is 1.24 bits per heavy atom. The van der Waals surface area contributed by atoms with Gasteiger partial charge in [-0.15, -0.1) is 22.7 Å². The lowest BCUT2D eigenvalue weighted by Gasteiger charge is -2.11. The van der Waals surface area contributed by atoms with Crippen LogP contribution in [-0.4, -0.2) is 19.2 Å².